The van der Waals surface area contributed by atoms with E-state index in [9.17, 15) is 9.90 Å². The molecule has 1 amide bonds. The van der Waals surface area contributed by atoms with Crippen LogP contribution in [0.15, 0.2) is 37.9 Å². The van der Waals surface area contributed by atoms with Crippen molar-refractivity contribution in [2.24, 2.45) is 0 Å². The molecule has 10 nitrogen and oxygen atoms in total. The van der Waals surface area contributed by atoms with Gasteiger partial charge in [0, 0.05) is 19.2 Å². The number of nitrogens with zero attached hydrogens (tertiary/aromatic N) is 4. The Balaban J connectivity index is 1.31. The number of aromatic nitrogens is 3. The number of hydrogen-bond acceptors (Lipinski definition) is 9. The number of aryl methyl sites for hydroxylation is 1. The summed E-state index contributed by atoms with van der Waals surface area (Å²) in [5, 5.41) is 20.8. The van der Waals surface area contributed by atoms with E-state index >= 15 is 0 Å². The first-order valence-corrected chi connectivity index (χ1v) is 8.59. The minimum absolute atomic E-state index is 0.207. The predicted octanol–water partition coefficient (Wildman–Crippen LogP) is 0.991. The third-order valence-electron chi connectivity index (χ3n) is 4.41. The van der Waals surface area contributed by atoms with Crippen LogP contribution in [0.2, 0.25) is 0 Å². The van der Waals surface area contributed by atoms with Crippen LogP contribution in [-0.4, -0.2) is 56.4 Å². The average molecular weight is 373 g/mol. The summed E-state index contributed by atoms with van der Waals surface area (Å²) < 4.78 is 15.4. The number of β-amino-alcohol motifs (C(OH)–C–C–N with tert-alkyl or cyclic N) is 1. The minimum Gasteiger partial charge on any atom is -0.461 e. The molecule has 4 rings (SSSR count). The second-order valence-corrected chi connectivity index (χ2v) is 6.48. The van der Waals surface area contributed by atoms with Crippen molar-refractivity contribution >= 4 is 5.91 Å². The van der Waals surface area contributed by atoms with E-state index in [2.05, 4.69) is 20.6 Å². The maximum atomic E-state index is 12.2. The van der Waals surface area contributed by atoms with E-state index in [1.54, 1.807) is 31.4 Å². The smallest absolute Gasteiger partial charge is 0.273 e. The van der Waals surface area contributed by atoms with Gasteiger partial charge in [-0.3, -0.25) is 9.69 Å². The fourth-order valence-corrected chi connectivity index (χ4v) is 3.04. The van der Waals surface area contributed by atoms with Gasteiger partial charge >= 0.3 is 0 Å². The van der Waals surface area contributed by atoms with Crippen LogP contribution in [0.4, 0.5) is 0 Å². The molecule has 1 saturated heterocycles. The predicted molar refractivity (Wildman–Crippen MR) is 90.4 cm³/mol. The molecule has 0 radical (unpaired) electrons. The highest BCUT2D eigenvalue weighted by atomic mass is 16.5. The lowest BCUT2D eigenvalue weighted by Gasteiger charge is -2.35. The number of aliphatic hydroxyl groups excluding tert-OH is 1. The van der Waals surface area contributed by atoms with Gasteiger partial charge in [-0.25, -0.2) is 0 Å². The van der Waals surface area contributed by atoms with Crippen LogP contribution < -0.4 is 5.32 Å². The first-order valence-electron chi connectivity index (χ1n) is 8.59. The van der Waals surface area contributed by atoms with Crippen LogP contribution >= 0.6 is 0 Å². The van der Waals surface area contributed by atoms with Crippen LogP contribution in [0.3, 0.4) is 0 Å². The average Bonchev–Trinajstić information content (AvgIpc) is 3.38. The van der Waals surface area contributed by atoms with Crippen molar-refractivity contribution in [3.05, 3.63) is 41.8 Å². The van der Waals surface area contributed by atoms with E-state index in [0.717, 1.165) is 0 Å². The monoisotopic (exact) mass is 373 g/mol. The van der Waals surface area contributed by atoms with Gasteiger partial charge in [-0.1, -0.05) is 10.3 Å². The largest absolute Gasteiger partial charge is 0.461 e. The molecule has 2 atom stereocenters. The minimum atomic E-state index is -0.719. The van der Waals surface area contributed by atoms with Gasteiger partial charge in [-0.15, -0.1) is 0 Å². The van der Waals surface area contributed by atoms with E-state index < -0.39 is 6.10 Å². The van der Waals surface area contributed by atoms with Crippen LogP contribution in [-0.2, 0) is 6.54 Å². The Morgan fingerprint density at radius 2 is 2.30 bits per heavy atom. The zero-order chi connectivity index (χ0) is 18.8. The highest BCUT2D eigenvalue weighted by Crippen LogP contribution is 2.18. The molecular weight excluding hydrogens is 354 g/mol. The fourth-order valence-electron chi connectivity index (χ4n) is 3.04. The molecule has 1 aliphatic rings. The lowest BCUT2D eigenvalue weighted by molar-refractivity contribution is 0.0311. The molecule has 1 aliphatic heterocycles. The van der Waals surface area contributed by atoms with Crippen molar-refractivity contribution < 1.29 is 23.4 Å². The van der Waals surface area contributed by atoms with Crippen LogP contribution in [0, 0.1) is 6.92 Å². The second-order valence-electron chi connectivity index (χ2n) is 6.48. The van der Waals surface area contributed by atoms with Gasteiger partial charge in [0.05, 0.1) is 25.0 Å². The number of aliphatic hydroxyl groups is 1. The summed E-state index contributed by atoms with van der Waals surface area (Å²) in [5.41, 5.74) is 0.207. The van der Waals surface area contributed by atoms with Gasteiger partial charge in [-0.05, 0) is 25.5 Å². The molecule has 2 N–H and O–H groups in total. The molecule has 3 aromatic heterocycles. The van der Waals surface area contributed by atoms with Crippen molar-refractivity contribution in [3.63, 3.8) is 0 Å². The first kappa shape index (κ1) is 17.4. The number of furan rings is 1. The Hall–Kier alpha value is -2.98. The van der Waals surface area contributed by atoms with Gasteiger partial charge in [0.25, 0.3) is 5.91 Å². The zero-order valence-corrected chi connectivity index (χ0v) is 14.7. The van der Waals surface area contributed by atoms with E-state index in [-0.39, 0.29) is 17.6 Å². The Labute approximate surface area is 154 Å². The molecule has 0 unspecified atom stereocenters. The SMILES string of the molecule is Cc1cc(C(=O)N[C@@H]2CCN(Cc3nc(-c4ccco4)no3)C[C@H]2O)no1. The molecule has 0 bridgehead atoms. The third-order valence-corrected chi connectivity index (χ3v) is 4.41. The van der Waals surface area contributed by atoms with Gasteiger partial charge in [0.15, 0.2) is 11.5 Å². The summed E-state index contributed by atoms with van der Waals surface area (Å²) in [6.45, 7) is 3.17. The van der Waals surface area contributed by atoms with E-state index in [1.807, 2.05) is 4.90 Å². The summed E-state index contributed by atoms with van der Waals surface area (Å²) in [4.78, 5) is 18.5. The Kier molecular flexibility index (Phi) is 4.73. The van der Waals surface area contributed by atoms with Gasteiger partial charge in [0.2, 0.25) is 11.7 Å². The molecule has 10 heteroatoms. The van der Waals surface area contributed by atoms with Gasteiger partial charge < -0.3 is 23.9 Å². The highest BCUT2D eigenvalue weighted by Gasteiger charge is 2.30. The summed E-state index contributed by atoms with van der Waals surface area (Å²) in [5.74, 6) is 1.57. The Morgan fingerprint density at radius 3 is 3.00 bits per heavy atom. The molecule has 4 heterocycles. The van der Waals surface area contributed by atoms with E-state index in [1.165, 1.54) is 0 Å². The summed E-state index contributed by atoms with van der Waals surface area (Å²) in [6, 6.07) is 4.71. The Morgan fingerprint density at radius 1 is 1.41 bits per heavy atom. The molecule has 0 spiro atoms. The number of carbonyl (C=O) groups excluding carboxylic acids is 1. The van der Waals surface area contributed by atoms with Gasteiger partial charge in [-0.2, -0.15) is 4.98 Å². The zero-order valence-electron chi connectivity index (χ0n) is 14.7. The fraction of sp³-hybridized carbons (Fsp3) is 0.412. The molecule has 142 valence electrons. The standard InChI is InChI=1S/C17H19N5O5/c1-10-7-12(20-26-10)17(24)18-11-4-5-22(8-13(11)23)9-15-19-16(21-27-15)14-3-2-6-25-14/h2-3,6-7,11,13,23H,4-5,8-9H2,1H3,(H,18,24)/t11-,13-/m1/s1. The third kappa shape index (κ3) is 3.91. The van der Waals surface area contributed by atoms with E-state index in [0.29, 0.717) is 49.3 Å². The Bertz CT molecular complexity index is 903. The molecule has 1 fully saturated rings. The molecule has 0 aromatic carbocycles. The van der Waals surface area contributed by atoms with Crippen molar-refractivity contribution in [1.29, 1.82) is 0 Å². The quantitative estimate of drug-likeness (QED) is 0.672. The number of hydrogen-bond donors (Lipinski definition) is 2. The molecule has 0 saturated carbocycles. The highest BCUT2D eigenvalue weighted by molar-refractivity contribution is 5.92. The number of piperidine rings is 1. The topological polar surface area (TPSA) is 131 Å². The molecule has 27 heavy (non-hydrogen) atoms. The van der Waals surface area contributed by atoms with Crippen molar-refractivity contribution in [3.8, 4) is 11.6 Å². The maximum absolute atomic E-state index is 12.2. The number of rotatable bonds is 5. The number of amides is 1. The van der Waals surface area contributed by atoms with Gasteiger partial charge in [0.1, 0.15) is 5.76 Å². The second kappa shape index (κ2) is 7.33. The molecule has 0 aliphatic carbocycles. The normalized spacial score (nSPS) is 20.7. The van der Waals surface area contributed by atoms with E-state index in [4.69, 9.17) is 13.5 Å². The van der Waals surface area contributed by atoms with Crippen molar-refractivity contribution in [2.45, 2.75) is 32.0 Å². The van der Waals surface area contributed by atoms with Crippen molar-refractivity contribution in [2.75, 3.05) is 13.1 Å². The number of nitrogens with one attached hydrogen (secondary N) is 1. The van der Waals surface area contributed by atoms with Crippen LogP contribution in [0.1, 0.15) is 28.6 Å². The molecule has 3 aromatic rings. The lowest BCUT2D eigenvalue weighted by atomic mass is 10.0. The summed E-state index contributed by atoms with van der Waals surface area (Å²) in [7, 11) is 0. The number of carbonyl (C=O) groups is 1. The van der Waals surface area contributed by atoms with Crippen molar-refractivity contribution in [1.82, 2.24) is 25.5 Å². The summed E-state index contributed by atoms with van der Waals surface area (Å²) in [6.07, 6.45) is 1.41. The first-order chi connectivity index (χ1) is 13.1. The lowest BCUT2D eigenvalue weighted by Crippen LogP contribution is -2.53. The maximum Gasteiger partial charge on any atom is 0.273 e. The number of likely N-dealkylation sites (tertiary alicyclic amines) is 1. The summed E-state index contributed by atoms with van der Waals surface area (Å²) >= 11 is 0. The van der Waals surface area contributed by atoms with Crippen LogP contribution in [0.5, 0.6) is 0 Å². The molecular formula is C17H19N5O5. The van der Waals surface area contributed by atoms with Crippen LogP contribution in [0.25, 0.3) is 11.6 Å².